The van der Waals surface area contributed by atoms with Crippen LogP contribution >= 0.6 is 11.8 Å². The number of halogens is 1. The van der Waals surface area contributed by atoms with Crippen molar-refractivity contribution in [2.75, 3.05) is 5.75 Å². The van der Waals surface area contributed by atoms with Crippen LogP contribution in [0.2, 0.25) is 0 Å². The number of hydrogen-bond acceptors (Lipinski definition) is 4. The van der Waals surface area contributed by atoms with Gasteiger partial charge in [-0.15, -0.1) is 0 Å². The molecule has 0 aliphatic rings. The fraction of sp³-hybridized carbons (Fsp3) is 0.500. The number of benzene rings is 1. The van der Waals surface area contributed by atoms with Crippen LogP contribution in [0, 0.1) is 12.7 Å². The average molecular weight is 386 g/mol. The summed E-state index contributed by atoms with van der Waals surface area (Å²) in [7, 11) is -1.33. The van der Waals surface area contributed by atoms with Gasteiger partial charge in [-0.3, -0.25) is 4.79 Å². The van der Waals surface area contributed by atoms with Crippen LogP contribution < -0.4 is 10.2 Å². The molecule has 0 unspecified atom stereocenters. The molecule has 0 saturated carbocycles. The highest BCUT2D eigenvalue weighted by molar-refractivity contribution is 7.99. The van der Waals surface area contributed by atoms with E-state index >= 15 is 0 Å². The molecular formula is C18H24FNO3S2. The van der Waals surface area contributed by atoms with E-state index in [-0.39, 0.29) is 10.8 Å². The molecule has 0 bridgehead atoms. The summed E-state index contributed by atoms with van der Waals surface area (Å²) in [6.07, 6.45) is 0. The minimum Gasteiger partial charge on any atom is -0.449 e. The van der Waals surface area contributed by atoms with Crippen LogP contribution in [0.3, 0.4) is 0 Å². The quantitative estimate of drug-likeness (QED) is 0.772. The Morgan fingerprint density at radius 3 is 2.56 bits per heavy atom. The van der Waals surface area contributed by atoms with Gasteiger partial charge in [0.05, 0.1) is 21.1 Å². The van der Waals surface area contributed by atoms with E-state index in [1.165, 1.54) is 23.9 Å². The summed E-state index contributed by atoms with van der Waals surface area (Å²) in [5, 5.41) is 0.750. The molecule has 1 aromatic carbocycles. The minimum absolute atomic E-state index is 0.211. The molecule has 0 saturated heterocycles. The van der Waals surface area contributed by atoms with Crippen molar-refractivity contribution in [1.82, 2.24) is 4.72 Å². The highest BCUT2D eigenvalue weighted by Gasteiger charge is 2.24. The van der Waals surface area contributed by atoms with Crippen LogP contribution in [0.1, 0.15) is 51.8 Å². The summed E-state index contributed by atoms with van der Waals surface area (Å²) in [5.41, 5.74) is 1.08. The summed E-state index contributed by atoms with van der Waals surface area (Å²) >= 11 is 1.43. The molecule has 0 fully saturated rings. The Hall–Kier alpha value is -1.18. The SMILES string of the molecule is CCSc1oc2c([C@@H](C)N[S@](=O)C(C)(C)C)cc(F)cc2c(=O)c1C. The first-order valence-electron chi connectivity index (χ1n) is 8.14. The van der Waals surface area contributed by atoms with Crippen molar-refractivity contribution >= 4 is 33.7 Å². The lowest BCUT2D eigenvalue weighted by molar-refractivity contribution is 0.484. The molecule has 0 amide bonds. The van der Waals surface area contributed by atoms with Crippen molar-refractivity contribution in [2.24, 2.45) is 0 Å². The van der Waals surface area contributed by atoms with E-state index in [9.17, 15) is 13.4 Å². The van der Waals surface area contributed by atoms with E-state index in [0.717, 1.165) is 5.75 Å². The third-order valence-corrected chi connectivity index (χ3v) is 6.37. The van der Waals surface area contributed by atoms with Crippen molar-refractivity contribution in [1.29, 1.82) is 0 Å². The van der Waals surface area contributed by atoms with Crippen LogP contribution in [-0.2, 0) is 11.0 Å². The molecule has 4 nitrogen and oxygen atoms in total. The van der Waals surface area contributed by atoms with Crippen LogP contribution in [0.25, 0.3) is 11.0 Å². The lowest BCUT2D eigenvalue weighted by Crippen LogP contribution is -2.35. The van der Waals surface area contributed by atoms with Crippen LogP contribution in [0.4, 0.5) is 4.39 Å². The molecule has 1 aromatic heterocycles. The Morgan fingerprint density at radius 2 is 2.00 bits per heavy atom. The normalized spacial score (nSPS) is 14.7. The average Bonchev–Trinajstić information content (AvgIpc) is 2.51. The molecule has 0 spiro atoms. The number of fused-ring (bicyclic) bond motifs is 1. The van der Waals surface area contributed by atoms with E-state index < -0.39 is 27.6 Å². The van der Waals surface area contributed by atoms with E-state index in [1.807, 2.05) is 27.7 Å². The largest absolute Gasteiger partial charge is 0.449 e. The highest BCUT2D eigenvalue weighted by atomic mass is 32.2. The fourth-order valence-electron chi connectivity index (χ4n) is 2.35. The summed E-state index contributed by atoms with van der Waals surface area (Å²) in [5.74, 6) is 0.244. The topological polar surface area (TPSA) is 59.3 Å². The lowest BCUT2D eigenvalue weighted by Gasteiger charge is -2.22. The molecule has 0 aliphatic heterocycles. The predicted octanol–water partition coefficient (Wildman–Crippen LogP) is 4.47. The zero-order valence-electron chi connectivity index (χ0n) is 15.4. The number of rotatable bonds is 5. The minimum atomic E-state index is -1.33. The first-order chi connectivity index (χ1) is 11.6. The molecule has 2 atom stereocenters. The van der Waals surface area contributed by atoms with E-state index in [1.54, 1.807) is 13.8 Å². The molecular weight excluding hydrogens is 361 g/mol. The molecule has 1 heterocycles. The third-order valence-electron chi connectivity index (χ3n) is 3.75. The van der Waals surface area contributed by atoms with Gasteiger partial charge in [0.1, 0.15) is 11.4 Å². The van der Waals surface area contributed by atoms with E-state index in [0.29, 0.717) is 21.8 Å². The molecule has 25 heavy (non-hydrogen) atoms. The van der Waals surface area contributed by atoms with Gasteiger partial charge in [0.2, 0.25) is 0 Å². The summed E-state index contributed by atoms with van der Waals surface area (Å²) in [6, 6.07) is 2.09. The Labute approximate surface area is 154 Å². The molecule has 7 heteroatoms. The first-order valence-corrected chi connectivity index (χ1v) is 10.3. The first kappa shape index (κ1) is 20.1. The zero-order valence-corrected chi connectivity index (χ0v) is 17.0. The second kappa shape index (κ2) is 7.60. The Balaban J connectivity index is 2.63. The maximum atomic E-state index is 14.1. The second-order valence-electron chi connectivity index (χ2n) is 6.87. The Bertz CT molecular complexity index is 871. The Morgan fingerprint density at radius 1 is 1.36 bits per heavy atom. The fourth-order valence-corrected chi connectivity index (χ4v) is 3.87. The number of nitrogens with one attached hydrogen (secondary N) is 1. The third kappa shape index (κ3) is 4.33. The summed E-state index contributed by atoms with van der Waals surface area (Å²) < 4.78 is 34.9. The van der Waals surface area contributed by atoms with E-state index in [2.05, 4.69) is 4.72 Å². The predicted molar refractivity (Wildman–Crippen MR) is 103 cm³/mol. The molecule has 138 valence electrons. The number of hydrogen-bond donors (Lipinski definition) is 1. The zero-order chi connectivity index (χ0) is 18.9. The molecule has 1 N–H and O–H groups in total. The smallest absolute Gasteiger partial charge is 0.196 e. The van der Waals surface area contributed by atoms with Gasteiger partial charge in [-0.05, 0) is 52.5 Å². The van der Waals surface area contributed by atoms with E-state index in [4.69, 9.17) is 4.42 Å². The van der Waals surface area contributed by atoms with Gasteiger partial charge < -0.3 is 4.42 Å². The van der Waals surface area contributed by atoms with Crippen molar-refractivity contribution in [3.63, 3.8) is 0 Å². The Kier molecular flexibility index (Phi) is 6.12. The van der Waals surface area contributed by atoms with Gasteiger partial charge in [0.15, 0.2) is 10.5 Å². The second-order valence-corrected chi connectivity index (χ2v) is 10.1. The van der Waals surface area contributed by atoms with Gasteiger partial charge in [0, 0.05) is 17.2 Å². The van der Waals surface area contributed by atoms with Crippen molar-refractivity contribution in [2.45, 2.75) is 57.4 Å². The monoisotopic (exact) mass is 385 g/mol. The van der Waals surface area contributed by atoms with Gasteiger partial charge in [0.25, 0.3) is 0 Å². The molecule has 0 radical (unpaired) electrons. The maximum Gasteiger partial charge on any atom is 0.196 e. The highest BCUT2D eigenvalue weighted by Crippen LogP contribution is 2.30. The van der Waals surface area contributed by atoms with Crippen molar-refractivity contribution in [3.8, 4) is 0 Å². The van der Waals surface area contributed by atoms with Crippen molar-refractivity contribution < 1.29 is 13.0 Å². The molecule has 2 aromatic rings. The summed E-state index contributed by atoms with van der Waals surface area (Å²) in [6.45, 7) is 11.0. The molecule has 0 aliphatic carbocycles. The lowest BCUT2D eigenvalue weighted by atomic mass is 10.0. The van der Waals surface area contributed by atoms with Crippen LogP contribution in [-0.4, -0.2) is 14.7 Å². The molecule has 2 rings (SSSR count). The van der Waals surface area contributed by atoms with Gasteiger partial charge in [-0.25, -0.2) is 13.3 Å². The standard InChI is InChI=1S/C18H24FNO3S2/c1-7-24-17-10(2)15(21)14-9-12(19)8-13(16(14)23-17)11(3)20-25(22)18(4,5)6/h8-9,11,20H,7H2,1-6H3/t11-,25-/m1/s1. The van der Waals surface area contributed by atoms with Gasteiger partial charge in [-0.1, -0.05) is 18.7 Å². The van der Waals surface area contributed by atoms with Crippen LogP contribution in [0.15, 0.2) is 26.4 Å². The van der Waals surface area contributed by atoms with Crippen LogP contribution in [0.5, 0.6) is 0 Å². The van der Waals surface area contributed by atoms with Gasteiger partial charge >= 0.3 is 0 Å². The number of thioether (sulfide) groups is 1. The van der Waals surface area contributed by atoms with Crippen molar-refractivity contribution in [3.05, 3.63) is 39.3 Å². The van der Waals surface area contributed by atoms with Gasteiger partial charge in [-0.2, -0.15) is 0 Å². The summed E-state index contributed by atoms with van der Waals surface area (Å²) in [4.78, 5) is 12.6. The maximum absolute atomic E-state index is 14.1.